The van der Waals surface area contributed by atoms with Gasteiger partial charge in [0.1, 0.15) is 0 Å². The van der Waals surface area contributed by atoms with Crippen LogP contribution < -0.4 is 0 Å². The second kappa shape index (κ2) is 4.51. The number of hydrogen-bond donors (Lipinski definition) is 2. The van der Waals surface area contributed by atoms with Gasteiger partial charge in [-0.1, -0.05) is 20.3 Å². The molecule has 0 fully saturated rings. The zero-order valence-corrected chi connectivity index (χ0v) is 8.01. The molecule has 0 spiro atoms. The van der Waals surface area contributed by atoms with Crippen LogP contribution in [0.1, 0.15) is 33.1 Å². The average Bonchev–Trinajstić information content (AvgIpc) is 1.64. The largest absolute Gasteiger partial charge is 0.179 e. The molecule has 56 valence electrons. The maximum absolute atomic E-state index is 4.50. The van der Waals surface area contributed by atoms with E-state index in [0.717, 1.165) is 12.2 Å². The molecule has 0 aliphatic rings. The molecule has 0 saturated heterocycles. The van der Waals surface area contributed by atoms with E-state index in [1.54, 1.807) is 0 Å². The first-order valence-electron chi connectivity index (χ1n) is 3.45. The Balaban J connectivity index is 3.43. The van der Waals surface area contributed by atoms with Crippen LogP contribution in [0.15, 0.2) is 0 Å². The van der Waals surface area contributed by atoms with Crippen molar-refractivity contribution in [3.05, 3.63) is 0 Å². The summed E-state index contributed by atoms with van der Waals surface area (Å²) in [7, 11) is 0. The molecule has 0 aliphatic heterocycles. The van der Waals surface area contributed by atoms with Crippen LogP contribution in [0.3, 0.4) is 0 Å². The normalized spacial score (nSPS) is 17.3. The van der Waals surface area contributed by atoms with Crippen LogP contribution in [0.2, 0.25) is 0 Å². The number of hydrogen-bond acceptors (Lipinski definition) is 2. The van der Waals surface area contributed by atoms with E-state index in [1.165, 1.54) is 12.8 Å². The summed E-state index contributed by atoms with van der Waals surface area (Å²) in [6.07, 6.45) is 3.51. The summed E-state index contributed by atoms with van der Waals surface area (Å²) in [4.78, 5) is 0. The van der Waals surface area contributed by atoms with Crippen molar-refractivity contribution in [1.82, 2.24) is 0 Å². The van der Waals surface area contributed by atoms with E-state index in [4.69, 9.17) is 0 Å². The van der Waals surface area contributed by atoms with Crippen molar-refractivity contribution in [2.45, 2.75) is 37.9 Å². The minimum atomic E-state index is 0.219. The average molecular weight is 164 g/mol. The Bertz CT molecular complexity index is 61.3. The highest BCUT2D eigenvalue weighted by atomic mass is 32.1. The van der Waals surface area contributed by atoms with Crippen molar-refractivity contribution in [3.8, 4) is 0 Å². The highest BCUT2D eigenvalue weighted by Gasteiger charge is 2.15. The quantitative estimate of drug-likeness (QED) is 0.587. The highest BCUT2D eigenvalue weighted by molar-refractivity contribution is 7.82. The Hall–Kier alpha value is 0.700. The molecule has 0 heterocycles. The van der Waals surface area contributed by atoms with Crippen LogP contribution in [0.5, 0.6) is 0 Å². The monoisotopic (exact) mass is 164 g/mol. The lowest BCUT2D eigenvalue weighted by molar-refractivity contribution is 0.569. The third kappa shape index (κ3) is 5.16. The van der Waals surface area contributed by atoms with Gasteiger partial charge in [-0.25, -0.2) is 0 Å². The fourth-order valence-electron chi connectivity index (χ4n) is 0.904. The number of rotatable bonds is 4. The van der Waals surface area contributed by atoms with E-state index in [9.17, 15) is 0 Å². The topological polar surface area (TPSA) is 0 Å². The van der Waals surface area contributed by atoms with Gasteiger partial charge in [-0.2, -0.15) is 25.3 Å². The maximum atomic E-state index is 4.50. The summed E-state index contributed by atoms with van der Waals surface area (Å²) in [5, 5.41) is 0. The standard InChI is InChI=1S/C7H16S2/c1-3-4-7(2,9)5-6-8/h8-9H,3-6H2,1-2H3. The second-order valence-electron chi connectivity index (χ2n) is 2.72. The van der Waals surface area contributed by atoms with Crippen LogP contribution in [-0.2, 0) is 0 Å². The van der Waals surface area contributed by atoms with Crippen molar-refractivity contribution in [2.24, 2.45) is 0 Å². The predicted octanol–water partition coefficient (Wildman–Crippen LogP) is 2.79. The van der Waals surface area contributed by atoms with E-state index < -0.39 is 0 Å². The van der Waals surface area contributed by atoms with Gasteiger partial charge in [0, 0.05) is 4.75 Å². The van der Waals surface area contributed by atoms with Gasteiger partial charge in [0.25, 0.3) is 0 Å². The molecule has 0 amide bonds. The summed E-state index contributed by atoms with van der Waals surface area (Å²) < 4.78 is 0.219. The van der Waals surface area contributed by atoms with Gasteiger partial charge in [0.05, 0.1) is 0 Å². The molecule has 9 heavy (non-hydrogen) atoms. The summed E-state index contributed by atoms with van der Waals surface area (Å²) in [5.41, 5.74) is 0. The van der Waals surface area contributed by atoms with E-state index in [0.29, 0.717) is 0 Å². The molecule has 0 bridgehead atoms. The Morgan fingerprint density at radius 2 is 1.89 bits per heavy atom. The minimum absolute atomic E-state index is 0.219. The third-order valence-corrected chi connectivity index (χ3v) is 2.11. The second-order valence-corrected chi connectivity index (χ2v) is 4.25. The SMILES string of the molecule is CCCC(C)(S)CCS. The third-order valence-electron chi connectivity index (χ3n) is 1.44. The Morgan fingerprint density at radius 3 is 2.22 bits per heavy atom. The molecule has 0 aliphatic carbocycles. The van der Waals surface area contributed by atoms with E-state index in [-0.39, 0.29) is 4.75 Å². The summed E-state index contributed by atoms with van der Waals surface area (Å²) in [6.45, 7) is 4.36. The molecular formula is C7H16S2. The van der Waals surface area contributed by atoms with Gasteiger partial charge in [0.15, 0.2) is 0 Å². The Kier molecular flexibility index (Phi) is 4.86. The van der Waals surface area contributed by atoms with Crippen LogP contribution >= 0.6 is 25.3 Å². The molecule has 1 atom stereocenters. The smallest absolute Gasteiger partial charge is 0.0109 e. The van der Waals surface area contributed by atoms with Crippen LogP contribution in [0.4, 0.5) is 0 Å². The number of thiol groups is 2. The maximum Gasteiger partial charge on any atom is 0.0109 e. The van der Waals surface area contributed by atoms with Crippen molar-refractivity contribution in [2.75, 3.05) is 5.75 Å². The fraction of sp³-hybridized carbons (Fsp3) is 1.00. The molecule has 0 aromatic rings. The zero-order valence-electron chi connectivity index (χ0n) is 6.22. The molecule has 0 rings (SSSR count). The van der Waals surface area contributed by atoms with Gasteiger partial charge >= 0.3 is 0 Å². The van der Waals surface area contributed by atoms with Crippen LogP contribution in [-0.4, -0.2) is 10.5 Å². The molecule has 2 heteroatoms. The zero-order chi connectivity index (χ0) is 7.33. The predicted molar refractivity (Wildman–Crippen MR) is 50.8 cm³/mol. The van der Waals surface area contributed by atoms with Crippen molar-refractivity contribution >= 4 is 25.3 Å². The first-order chi connectivity index (χ1) is 4.12. The summed E-state index contributed by atoms with van der Waals surface area (Å²) in [5.74, 6) is 0.944. The molecule has 0 aromatic heterocycles. The highest BCUT2D eigenvalue weighted by Crippen LogP contribution is 2.24. The Morgan fingerprint density at radius 1 is 1.33 bits per heavy atom. The molecule has 0 aromatic carbocycles. The van der Waals surface area contributed by atoms with Gasteiger partial charge in [-0.15, -0.1) is 0 Å². The molecule has 0 saturated carbocycles. The molecule has 0 radical (unpaired) electrons. The van der Waals surface area contributed by atoms with E-state index >= 15 is 0 Å². The van der Waals surface area contributed by atoms with Crippen molar-refractivity contribution in [3.63, 3.8) is 0 Å². The molecule has 0 nitrogen and oxygen atoms in total. The first kappa shape index (κ1) is 9.70. The lowest BCUT2D eigenvalue weighted by Gasteiger charge is -2.21. The lowest BCUT2D eigenvalue weighted by Crippen LogP contribution is -2.16. The molecule has 0 N–H and O–H groups in total. The molecular weight excluding hydrogens is 148 g/mol. The van der Waals surface area contributed by atoms with Crippen LogP contribution in [0, 0.1) is 0 Å². The van der Waals surface area contributed by atoms with Crippen LogP contribution in [0.25, 0.3) is 0 Å². The van der Waals surface area contributed by atoms with E-state index in [2.05, 4.69) is 39.1 Å². The van der Waals surface area contributed by atoms with Gasteiger partial charge in [-0.3, -0.25) is 0 Å². The van der Waals surface area contributed by atoms with Gasteiger partial charge < -0.3 is 0 Å². The first-order valence-corrected chi connectivity index (χ1v) is 4.53. The lowest BCUT2D eigenvalue weighted by atomic mass is 10.0. The van der Waals surface area contributed by atoms with Crippen molar-refractivity contribution in [1.29, 1.82) is 0 Å². The van der Waals surface area contributed by atoms with Gasteiger partial charge in [0.2, 0.25) is 0 Å². The minimum Gasteiger partial charge on any atom is -0.179 e. The van der Waals surface area contributed by atoms with Gasteiger partial charge in [-0.05, 0) is 18.6 Å². The fourth-order valence-corrected chi connectivity index (χ4v) is 1.91. The molecule has 1 unspecified atom stereocenters. The van der Waals surface area contributed by atoms with E-state index in [1.807, 2.05) is 0 Å². The summed E-state index contributed by atoms with van der Waals surface area (Å²) in [6, 6.07) is 0. The summed E-state index contributed by atoms with van der Waals surface area (Å²) >= 11 is 8.66. The Labute approximate surface area is 69.2 Å². The van der Waals surface area contributed by atoms with Crippen molar-refractivity contribution < 1.29 is 0 Å².